The molecule has 1 N–H and O–H groups in total. The SMILES string of the molecule is CC1(C)CCC(CNc2c(F)c(F)cc(F)c2F)O1. The number of anilines is 1. The first-order valence-corrected chi connectivity index (χ1v) is 6.05. The van der Waals surface area contributed by atoms with Gasteiger partial charge in [-0.15, -0.1) is 0 Å². The lowest BCUT2D eigenvalue weighted by Crippen LogP contribution is -2.25. The highest BCUT2D eigenvalue weighted by Crippen LogP contribution is 2.30. The molecule has 1 aromatic rings. The largest absolute Gasteiger partial charge is 0.378 e. The van der Waals surface area contributed by atoms with Crippen LogP contribution in [0.15, 0.2) is 6.07 Å². The van der Waals surface area contributed by atoms with Gasteiger partial charge in [0, 0.05) is 12.6 Å². The Balaban J connectivity index is 2.08. The van der Waals surface area contributed by atoms with Crippen LogP contribution in [0.4, 0.5) is 23.2 Å². The van der Waals surface area contributed by atoms with E-state index in [1.165, 1.54) is 0 Å². The van der Waals surface area contributed by atoms with E-state index in [1.54, 1.807) is 0 Å². The van der Waals surface area contributed by atoms with E-state index in [4.69, 9.17) is 4.74 Å². The van der Waals surface area contributed by atoms with E-state index in [9.17, 15) is 17.6 Å². The Labute approximate surface area is 108 Å². The minimum atomic E-state index is -1.42. The maximum absolute atomic E-state index is 13.4. The quantitative estimate of drug-likeness (QED) is 0.673. The number of benzene rings is 1. The van der Waals surface area contributed by atoms with E-state index in [0.717, 1.165) is 12.8 Å². The lowest BCUT2D eigenvalue weighted by molar-refractivity contribution is -0.00915. The third-order valence-electron chi connectivity index (χ3n) is 3.17. The fourth-order valence-electron chi connectivity index (χ4n) is 2.17. The van der Waals surface area contributed by atoms with Crippen molar-refractivity contribution in [3.05, 3.63) is 29.3 Å². The van der Waals surface area contributed by atoms with Gasteiger partial charge in [-0.05, 0) is 26.7 Å². The average molecular weight is 277 g/mol. The van der Waals surface area contributed by atoms with Crippen molar-refractivity contribution in [2.75, 3.05) is 11.9 Å². The fraction of sp³-hybridized carbons (Fsp3) is 0.538. The Morgan fingerprint density at radius 3 is 2.26 bits per heavy atom. The van der Waals surface area contributed by atoms with E-state index in [1.807, 2.05) is 13.8 Å². The molecule has 0 spiro atoms. The van der Waals surface area contributed by atoms with Gasteiger partial charge in [0.05, 0.1) is 11.7 Å². The molecule has 0 saturated carbocycles. The molecule has 0 radical (unpaired) electrons. The van der Waals surface area contributed by atoms with Crippen molar-refractivity contribution < 1.29 is 22.3 Å². The predicted octanol–water partition coefficient (Wildman–Crippen LogP) is 3.61. The Morgan fingerprint density at radius 2 is 1.79 bits per heavy atom. The van der Waals surface area contributed by atoms with Crippen LogP contribution < -0.4 is 5.32 Å². The van der Waals surface area contributed by atoms with Gasteiger partial charge in [0.2, 0.25) is 0 Å². The minimum absolute atomic E-state index is 0.0974. The van der Waals surface area contributed by atoms with Gasteiger partial charge in [0.25, 0.3) is 0 Å². The van der Waals surface area contributed by atoms with E-state index < -0.39 is 29.0 Å². The zero-order valence-electron chi connectivity index (χ0n) is 10.7. The van der Waals surface area contributed by atoms with Crippen LogP contribution in [-0.4, -0.2) is 18.2 Å². The molecule has 0 amide bonds. The van der Waals surface area contributed by atoms with Crippen LogP contribution >= 0.6 is 0 Å². The second kappa shape index (κ2) is 5.00. The standard InChI is InChI=1S/C13H15F4NO/c1-13(2)4-3-7(19-13)6-18-12-10(16)8(14)5-9(15)11(12)17/h5,7,18H,3-4,6H2,1-2H3. The van der Waals surface area contributed by atoms with Crippen molar-refractivity contribution in [2.45, 2.75) is 38.4 Å². The highest BCUT2D eigenvalue weighted by Gasteiger charge is 2.31. The van der Waals surface area contributed by atoms with Crippen molar-refractivity contribution in [1.29, 1.82) is 0 Å². The summed E-state index contributed by atoms with van der Waals surface area (Å²) in [5, 5.41) is 2.39. The molecule has 1 aliphatic rings. The number of ether oxygens (including phenoxy) is 1. The topological polar surface area (TPSA) is 21.3 Å². The van der Waals surface area contributed by atoms with Gasteiger partial charge in [0.15, 0.2) is 23.3 Å². The molecule has 1 saturated heterocycles. The summed E-state index contributed by atoms with van der Waals surface area (Å²) >= 11 is 0. The van der Waals surface area contributed by atoms with Crippen LogP contribution in [0.3, 0.4) is 0 Å². The van der Waals surface area contributed by atoms with Crippen LogP contribution in [0, 0.1) is 23.3 Å². The molecule has 2 nitrogen and oxygen atoms in total. The predicted molar refractivity (Wildman–Crippen MR) is 62.9 cm³/mol. The van der Waals surface area contributed by atoms with Gasteiger partial charge in [0.1, 0.15) is 5.69 Å². The molecule has 1 heterocycles. The Morgan fingerprint density at radius 1 is 1.21 bits per heavy atom. The highest BCUT2D eigenvalue weighted by molar-refractivity contribution is 5.47. The zero-order chi connectivity index (χ0) is 14.2. The summed E-state index contributed by atoms with van der Waals surface area (Å²) in [5.41, 5.74) is -1.07. The van der Waals surface area contributed by atoms with Crippen molar-refractivity contribution in [3.8, 4) is 0 Å². The molecule has 1 fully saturated rings. The number of halogens is 4. The molecule has 1 unspecified atom stereocenters. The lowest BCUT2D eigenvalue weighted by atomic mass is 10.1. The van der Waals surface area contributed by atoms with Crippen molar-refractivity contribution in [3.63, 3.8) is 0 Å². The maximum atomic E-state index is 13.4. The van der Waals surface area contributed by atoms with Crippen LogP contribution in [-0.2, 0) is 4.74 Å². The number of hydrogen-bond acceptors (Lipinski definition) is 2. The van der Waals surface area contributed by atoms with E-state index in [-0.39, 0.29) is 24.3 Å². The van der Waals surface area contributed by atoms with Crippen LogP contribution in [0.25, 0.3) is 0 Å². The third-order valence-corrected chi connectivity index (χ3v) is 3.17. The first-order valence-electron chi connectivity index (χ1n) is 6.05. The summed E-state index contributed by atoms with van der Waals surface area (Å²) < 4.78 is 58.4. The molecule has 0 aromatic heterocycles. The van der Waals surface area contributed by atoms with Gasteiger partial charge in [-0.25, -0.2) is 17.6 Å². The molecule has 0 aliphatic carbocycles. The zero-order valence-corrected chi connectivity index (χ0v) is 10.7. The first-order chi connectivity index (χ1) is 8.80. The number of hydrogen-bond donors (Lipinski definition) is 1. The summed E-state index contributed by atoms with van der Waals surface area (Å²) in [6.45, 7) is 3.92. The molecule has 1 aliphatic heterocycles. The Bertz CT molecular complexity index is 464. The molecule has 2 rings (SSSR count). The van der Waals surface area contributed by atoms with Crippen molar-refractivity contribution in [1.82, 2.24) is 0 Å². The molecule has 1 aromatic carbocycles. The smallest absolute Gasteiger partial charge is 0.185 e. The van der Waals surface area contributed by atoms with Crippen LogP contribution in [0.1, 0.15) is 26.7 Å². The molecular formula is C13H15F4NO. The van der Waals surface area contributed by atoms with Crippen molar-refractivity contribution >= 4 is 5.69 Å². The van der Waals surface area contributed by atoms with E-state index >= 15 is 0 Å². The second-order valence-corrected chi connectivity index (χ2v) is 5.26. The number of nitrogens with one attached hydrogen (secondary N) is 1. The van der Waals surface area contributed by atoms with Crippen LogP contribution in [0.2, 0.25) is 0 Å². The summed E-state index contributed by atoms with van der Waals surface area (Å²) in [4.78, 5) is 0. The lowest BCUT2D eigenvalue weighted by Gasteiger charge is -2.20. The van der Waals surface area contributed by atoms with Crippen molar-refractivity contribution in [2.24, 2.45) is 0 Å². The minimum Gasteiger partial charge on any atom is -0.378 e. The molecule has 6 heteroatoms. The fourth-order valence-corrected chi connectivity index (χ4v) is 2.17. The van der Waals surface area contributed by atoms with Crippen LogP contribution in [0.5, 0.6) is 0 Å². The molecule has 19 heavy (non-hydrogen) atoms. The summed E-state index contributed by atoms with van der Waals surface area (Å²) in [6, 6.07) is 0.186. The third kappa shape index (κ3) is 3.00. The maximum Gasteiger partial charge on any atom is 0.185 e. The van der Waals surface area contributed by atoms with E-state index in [2.05, 4.69) is 5.32 Å². The highest BCUT2D eigenvalue weighted by atomic mass is 19.2. The summed E-state index contributed by atoms with van der Waals surface area (Å²) in [5.74, 6) is -5.68. The summed E-state index contributed by atoms with van der Waals surface area (Å²) in [6.07, 6.45) is 1.31. The first kappa shape index (κ1) is 14.1. The monoisotopic (exact) mass is 277 g/mol. The molecule has 0 bridgehead atoms. The Kier molecular flexibility index (Phi) is 3.71. The van der Waals surface area contributed by atoms with Gasteiger partial charge in [-0.3, -0.25) is 0 Å². The molecule has 1 atom stereocenters. The second-order valence-electron chi connectivity index (χ2n) is 5.26. The normalized spacial score (nSPS) is 21.7. The molecular weight excluding hydrogens is 262 g/mol. The Hall–Kier alpha value is -1.30. The van der Waals surface area contributed by atoms with E-state index in [0.29, 0.717) is 0 Å². The number of rotatable bonds is 3. The summed E-state index contributed by atoms with van der Waals surface area (Å²) in [7, 11) is 0. The molecule has 106 valence electrons. The van der Waals surface area contributed by atoms with Gasteiger partial charge >= 0.3 is 0 Å². The van der Waals surface area contributed by atoms with Gasteiger partial charge in [-0.2, -0.15) is 0 Å². The van der Waals surface area contributed by atoms with Gasteiger partial charge < -0.3 is 10.1 Å². The van der Waals surface area contributed by atoms with Gasteiger partial charge in [-0.1, -0.05) is 0 Å². The average Bonchev–Trinajstić information content (AvgIpc) is 2.66.